The number of aromatic nitrogens is 4. The van der Waals surface area contributed by atoms with Gasteiger partial charge in [-0.2, -0.15) is 0 Å². The highest BCUT2D eigenvalue weighted by atomic mass is 19.2. The van der Waals surface area contributed by atoms with Crippen LogP contribution in [0.25, 0.3) is 0 Å². The van der Waals surface area contributed by atoms with Crippen LogP contribution in [-0.4, -0.2) is 264 Å². The Kier molecular flexibility index (Phi) is 38.3. The second-order valence-corrected chi connectivity index (χ2v) is 35.1. The first-order chi connectivity index (χ1) is 70.7. The minimum atomic E-state index is -0.995. The van der Waals surface area contributed by atoms with E-state index < -0.39 is 138 Å². The molecule has 45 heteroatoms. The van der Waals surface area contributed by atoms with Gasteiger partial charge >= 0.3 is 0 Å². The highest BCUT2D eigenvalue weighted by molar-refractivity contribution is 6.03. The van der Waals surface area contributed by atoms with Crippen molar-refractivity contribution in [3.63, 3.8) is 0 Å². The van der Waals surface area contributed by atoms with Crippen molar-refractivity contribution in [1.29, 1.82) is 0 Å². The van der Waals surface area contributed by atoms with Gasteiger partial charge < -0.3 is 82.0 Å². The molecule has 2 fully saturated rings. The first-order valence-corrected chi connectivity index (χ1v) is 47.7. The summed E-state index contributed by atoms with van der Waals surface area (Å²) in [5, 5.41) is 49.7. The Balaban J connectivity index is 0.000000164. The maximum atomic E-state index is 14.0. The van der Waals surface area contributed by atoms with Gasteiger partial charge in [-0.25, -0.2) is 35.1 Å². The van der Waals surface area contributed by atoms with E-state index in [0.717, 1.165) is 67.8 Å². The van der Waals surface area contributed by atoms with Crippen molar-refractivity contribution in [1.82, 2.24) is 38.3 Å². The summed E-state index contributed by atoms with van der Waals surface area (Å²) in [4.78, 5) is 163. The molecule has 2 saturated heterocycles. The molecule has 0 bridgehead atoms. The summed E-state index contributed by atoms with van der Waals surface area (Å²) < 4.78 is 162. The fourth-order valence-corrected chi connectivity index (χ4v) is 17.2. The van der Waals surface area contributed by atoms with Crippen LogP contribution in [0.15, 0.2) is 162 Å². The van der Waals surface area contributed by atoms with Gasteiger partial charge in [0.05, 0.1) is 107 Å². The molecule has 0 aliphatic carbocycles. The van der Waals surface area contributed by atoms with Gasteiger partial charge in [-0.1, -0.05) is 31.2 Å². The van der Waals surface area contributed by atoms with E-state index in [2.05, 4.69) is 0 Å². The van der Waals surface area contributed by atoms with E-state index in [1.54, 1.807) is 49.2 Å². The SMILES string of the molecule is CCCOCCCN1CN(Cc2ccco2)n2cc(C(=O)CCc3ccc(F)cc3F)c(=O)c(O)c2C1=O.CCOCCCN1CN(Cc2ccco2)n2cc(C(=O)CCc3ccc(F)cc3F)c(=O)c(O)c2C1=O.COCCN1CN(CC2CCOCC2)C(=O)c2c(O)c(=O)c(C(=O)CCc3ccc(F)cc3F)cn21.COCCN1CN(CC2COCCO2)C(=O)c2c(O)c(=O)c(C(=O)CCc3ccc(F)cc3F)cn21. The van der Waals surface area contributed by atoms with Crippen LogP contribution in [0.4, 0.5) is 35.1 Å². The number of ether oxygens (including phenoxy) is 7. The monoisotopic (exact) mass is 2060 g/mol. The first-order valence-electron chi connectivity index (χ1n) is 47.7. The van der Waals surface area contributed by atoms with Crippen molar-refractivity contribution in [3.05, 3.63) is 301 Å². The molecule has 1 unspecified atom stereocenters. The Morgan fingerprint density at radius 1 is 0.388 bits per heavy atom. The highest BCUT2D eigenvalue weighted by Gasteiger charge is 2.42. The number of furan rings is 2. The lowest BCUT2D eigenvalue weighted by Gasteiger charge is -2.41. The predicted molar refractivity (Wildman–Crippen MR) is 511 cm³/mol. The molecule has 0 radical (unpaired) electrons. The van der Waals surface area contributed by atoms with Crippen LogP contribution in [0.1, 0.15) is 189 Å². The smallest absolute Gasteiger partial charge is 0.277 e. The molecule has 6 aliphatic rings. The number of aromatic hydroxyl groups is 4. The summed E-state index contributed by atoms with van der Waals surface area (Å²) in [7, 11) is 3.04. The summed E-state index contributed by atoms with van der Waals surface area (Å²) in [6, 6.07) is 19.1. The average Bonchev–Trinajstić information content (AvgIpc) is 1.60. The van der Waals surface area contributed by atoms with E-state index in [4.69, 9.17) is 42.0 Å². The number of aryl methyl sites for hydroxylation is 4. The zero-order valence-corrected chi connectivity index (χ0v) is 81.1. The molecule has 16 rings (SSSR count). The number of carbonyl (C=O) groups excluding carboxylic acids is 8. The van der Waals surface area contributed by atoms with Crippen LogP contribution in [0.5, 0.6) is 23.0 Å². The van der Waals surface area contributed by atoms with Crippen molar-refractivity contribution < 1.29 is 136 Å². The molecule has 0 spiro atoms. The molecular weight excluding hydrogens is 1950 g/mol. The van der Waals surface area contributed by atoms with Gasteiger partial charge in [0.2, 0.25) is 21.7 Å². The number of hydrogen-bond donors (Lipinski definition) is 4. The van der Waals surface area contributed by atoms with Gasteiger partial charge in [-0.15, -0.1) is 0 Å². The van der Waals surface area contributed by atoms with Crippen molar-refractivity contribution in [2.45, 2.75) is 117 Å². The van der Waals surface area contributed by atoms with E-state index in [1.807, 2.05) is 13.8 Å². The van der Waals surface area contributed by atoms with Gasteiger partial charge in [0, 0.05) is 148 Å². The normalized spacial score (nSPS) is 15.1. The standard InChI is InChI=1S/C27H29F2N3O6.C26H27F2N3O6.C25H29F2N3O6.C24H27F2N3O7/c1-2-11-37-12-4-10-30-17-31(15-20-5-3-13-38-20)32-16-21(25(34)26(35)24(32)27(30)36)23(33)9-7-18-6-8-19(28)14-22(18)29;1-2-36-11-4-10-29-16-30(14-19-5-3-12-37-19)31-15-20(24(33)25(34)23(31)26(29)35)22(32)9-7-17-6-8-18(27)13-21(17)28;1-35-11-8-29-15-28(13-16-6-9-36-10-7-16)25(34)22-24(33)23(32)19(14-30(22)29)21(31)5-3-17-2-4-18(26)12-20(17)27;1-34-7-6-28-14-27(11-17-13-35-8-9-36-17)24(33)21-23(32)22(31)18(12-29(21)28)20(30)5-3-15-2-4-16(25)10-19(15)26/h3,5-6,8,13-14,16,35H,2,4,7,9-12,15,17H2,1H3;3,5-6,8,12-13,15,34H,2,4,7,9-11,14,16H2,1H3;2,4,12,14,16,33H,3,5-11,13,15H2,1H3;2,4,10,12,17,32H,3,5-9,11,13-14H2,1H3. The summed E-state index contributed by atoms with van der Waals surface area (Å²) in [6.07, 6.45) is 9.87. The minimum Gasteiger partial charge on any atom is -0.502 e. The van der Waals surface area contributed by atoms with Crippen molar-refractivity contribution in [3.8, 4) is 23.0 Å². The topological polar surface area (TPSA) is 422 Å². The quantitative estimate of drug-likeness (QED) is 0.0157. The fourth-order valence-electron chi connectivity index (χ4n) is 17.2. The second kappa shape index (κ2) is 51.4. The van der Waals surface area contributed by atoms with Gasteiger partial charge in [-0.05, 0) is 141 Å². The molecule has 786 valence electrons. The maximum absolute atomic E-state index is 14.0. The van der Waals surface area contributed by atoms with Gasteiger partial charge in [-0.3, -0.25) is 96.3 Å². The molecule has 1 atom stereocenters. The Labute approximate surface area is 836 Å². The van der Waals surface area contributed by atoms with Crippen LogP contribution in [-0.2, 0) is 71.9 Å². The van der Waals surface area contributed by atoms with Gasteiger partial charge in [0.15, 0.2) is 68.9 Å². The van der Waals surface area contributed by atoms with E-state index >= 15 is 0 Å². The van der Waals surface area contributed by atoms with Crippen molar-refractivity contribution >= 4 is 46.8 Å². The largest absolute Gasteiger partial charge is 0.502 e. The van der Waals surface area contributed by atoms with Crippen LogP contribution in [0, 0.1) is 52.5 Å². The number of Topliss-reactive ketones (excluding diaryl/α,β-unsaturated/α-hetero) is 4. The third kappa shape index (κ3) is 27.2. The first kappa shape index (κ1) is 110. The number of nitrogens with zero attached hydrogens (tertiary/aromatic N) is 12. The summed E-state index contributed by atoms with van der Waals surface area (Å²) in [6.45, 7) is 11.7. The van der Waals surface area contributed by atoms with Crippen LogP contribution in [0.3, 0.4) is 0 Å². The number of carbonyl (C=O) groups is 8. The molecule has 12 heterocycles. The minimum absolute atomic E-state index is 0.0574. The number of rotatable bonds is 41. The Morgan fingerprint density at radius 2 is 0.728 bits per heavy atom. The van der Waals surface area contributed by atoms with E-state index in [-0.39, 0.29) is 190 Å². The Hall–Kier alpha value is -14.6. The van der Waals surface area contributed by atoms with Crippen LogP contribution in [0.2, 0.25) is 0 Å². The van der Waals surface area contributed by atoms with Crippen molar-refractivity contribution in [2.24, 2.45) is 5.92 Å². The highest BCUT2D eigenvalue weighted by Crippen LogP contribution is 2.32. The molecular formula is C102H112F8N12O25. The Morgan fingerprint density at radius 3 is 1.05 bits per heavy atom. The molecule has 4 amide bonds. The van der Waals surface area contributed by atoms with E-state index in [0.29, 0.717) is 117 Å². The molecule has 6 aromatic heterocycles. The summed E-state index contributed by atoms with van der Waals surface area (Å²) in [5.74, 6) is -12.9. The van der Waals surface area contributed by atoms with Crippen LogP contribution >= 0.6 is 0 Å². The maximum Gasteiger partial charge on any atom is 0.277 e. The molecule has 10 aromatic rings. The average molecular weight is 2060 g/mol. The van der Waals surface area contributed by atoms with Crippen LogP contribution < -0.4 is 41.8 Å². The molecule has 147 heavy (non-hydrogen) atoms. The number of amides is 4. The number of pyridine rings is 4. The van der Waals surface area contributed by atoms with E-state index in [1.165, 1.54) is 109 Å². The number of benzene rings is 4. The zero-order chi connectivity index (χ0) is 105. The number of methoxy groups -OCH3 is 2. The summed E-state index contributed by atoms with van der Waals surface area (Å²) >= 11 is 0. The zero-order valence-electron chi connectivity index (χ0n) is 81.1. The number of ketones is 4. The summed E-state index contributed by atoms with van der Waals surface area (Å²) in [5.41, 5.74) is -5.79. The van der Waals surface area contributed by atoms with Crippen molar-refractivity contribution in [2.75, 3.05) is 173 Å². The lowest BCUT2D eigenvalue weighted by Crippen LogP contribution is -2.57. The molecule has 4 N–H and O–H groups in total. The lowest BCUT2D eigenvalue weighted by atomic mass is 9.99. The number of halogens is 8. The molecule has 37 nitrogen and oxygen atoms in total. The lowest BCUT2D eigenvalue weighted by molar-refractivity contribution is -0.0955. The molecule has 4 aromatic carbocycles. The Bertz CT molecular complexity index is 6460. The van der Waals surface area contributed by atoms with E-state index in [9.17, 15) is 113 Å². The molecule has 6 aliphatic heterocycles. The predicted octanol–water partition coefficient (Wildman–Crippen LogP) is 9.96. The van der Waals surface area contributed by atoms with Gasteiger partial charge in [0.25, 0.3) is 23.6 Å². The third-order valence-electron chi connectivity index (χ3n) is 25.0. The second-order valence-electron chi connectivity index (χ2n) is 35.1. The van der Waals surface area contributed by atoms with Gasteiger partial charge in [0.1, 0.15) is 84.7 Å². The third-order valence-corrected chi connectivity index (χ3v) is 25.0. The number of hydrogen-bond acceptors (Lipinski definition) is 29. The fraction of sp³-hybridized carbons (Fsp3) is 0.412. The number of fused-ring (bicyclic) bond motifs is 4. The molecule has 0 saturated carbocycles.